The Kier molecular flexibility index (Phi) is 5.12. The van der Waals surface area contributed by atoms with Gasteiger partial charge in [0.2, 0.25) is 0 Å². The molecule has 0 spiro atoms. The molecule has 3 heterocycles. The Morgan fingerprint density at radius 2 is 1.65 bits per heavy atom. The molecule has 1 aliphatic heterocycles. The predicted molar refractivity (Wildman–Crippen MR) is 125 cm³/mol. The third-order valence-corrected chi connectivity index (χ3v) is 6.71. The number of likely N-dealkylation sites (N-methyl/N-ethyl adjacent to an activating group) is 1. The number of aryl methyl sites for hydroxylation is 1. The molecular formula is C27H29N3O. The minimum absolute atomic E-state index is 0.472. The molecule has 1 atom stereocenters. The topological polar surface area (TPSA) is 41.3 Å². The van der Waals surface area contributed by atoms with E-state index in [2.05, 4.69) is 46.6 Å². The maximum atomic E-state index is 12.2. The zero-order valence-electron chi connectivity index (χ0n) is 18.3. The van der Waals surface area contributed by atoms with E-state index in [9.17, 15) is 5.11 Å². The number of fused-ring (bicyclic) bond motifs is 3. The van der Waals surface area contributed by atoms with Crippen LogP contribution in [-0.2, 0) is 25.0 Å². The third kappa shape index (κ3) is 3.56. The summed E-state index contributed by atoms with van der Waals surface area (Å²) >= 11 is 0. The normalized spacial score (nSPS) is 16.6. The van der Waals surface area contributed by atoms with Crippen molar-refractivity contribution in [2.75, 3.05) is 20.1 Å². The second-order valence-electron chi connectivity index (χ2n) is 8.80. The average Bonchev–Trinajstić information content (AvgIpc) is 2.93. The molecule has 0 radical (unpaired) electrons. The van der Waals surface area contributed by atoms with Gasteiger partial charge in [0.1, 0.15) is 5.60 Å². The van der Waals surface area contributed by atoms with Gasteiger partial charge < -0.3 is 14.6 Å². The molecule has 0 saturated carbocycles. The van der Waals surface area contributed by atoms with Crippen molar-refractivity contribution in [1.29, 1.82) is 0 Å². The molecule has 4 aromatic rings. The van der Waals surface area contributed by atoms with Gasteiger partial charge in [-0.05, 0) is 61.3 Å². The second-order valence-corrected chi connectivity index (χ2v) is 8.80. The number of hydrogen-bond donors (Lipinski definition) is 1. The van der Waals surface area contributed by atoms with Crippen LogP contribution in [0.15, 0.2) is 73.1 Å². The smallest absolute Gasteiger partial charge is 0.133 e. The van der Waals surface area contributed by atoms with E-state index in [1.165, 1.54) is 27.7 Å². The molecule has 0 amide bonds. The summed E-state index contributed by atoms with van der Waals surface area (Å²) in [6.45, 7) is 4.72. The molecule has 0 bridgehead atoms. The van der Waals surface area contributed by atoms with Crippen LogP contribution in [0.2, 0.25) is 0 Å². The summed E-state index contributed by atoms with van der Waals surface area (Å²) in [6, 6.07) is 20.6. The Hall–Kier alpha value is -2.95. The zero-order valence-corrected chi connectivity index (χ0v) is 18.3. The standard InChI is InChI=1S/C27H29N3O/c1-20-8-9-25-24(18-20)23-12-16-29(2)17-13-26(23)30(25)19-27(31,21-6-4-3-5-7-21)22-10-14-28-15-11-22/h3-11,14-15,18,31H,12-13,16-17,19H2,1-2H3. The van der Waals surface area contributed by atoms with Crippen LogP contribution in [0.5, 0.6) is 0 Å². The van der Waals surface area contributed by atoms with Gasteiger partial charge in [0.25, 0.3) is 0 Å². The first-order valence-electron chi connectivity index (χ1n) is 11.0. The van der Waals surface area contributed by atoms with E-state index < -0.39 is 5.60 Å². The lowest BCUT2D eigenvalue weighted by Gasteiger charge is -2.31. The molecule has 4 heteroatoms. The van der Waals surface area contributed by atoms with Gasteiger partial charge >= 0.3 is 0 Å². The van der Waals surface area contributed by atoms with Crippen molar-refractivity contribution in [3.8, 4) is 0 Å². The number of nitrogens with zero attached hydrogens (tertiary/aromatic N) is 3. The zero-order chi connectivity index (χ0) is 21.4. The molecular weight excluding hydrogens is 382 g/mol. The Labute approximate surface area is 183 Å². The first kappa shape index (κ1) is 20.0. The molecule has 0 fully saturated rings. The first-order valence-corrected chi connectivity index (χ1v) is 11.0. The van der Waals surface area contributed by atoms with Gasteiger partial charge in [-0.15, -0.1) is 0 Å². The van der Waals surface area contributed by atoms with Gasteiger partial charge in [-0.3, -0.25) is 4.98 Å². The van der Waals surface area contributed by atoms with Crippen molar-refractivity contribution < 1.29 is 5.11 Å². The Morgan fingerprint density at radius 1 is 0.935 bits per heavy atom. The maximum absolute atomic E-state index is 12.2. The van der Waals surface area contributed by atoms with E-state index in [0.717, 1.165) is 37.1 Å². The molecule has 1 aliphatic rings. The number of aliphatic hydroxyl groups is 1. The van der Waals surface area contributed by atoms with Crippen LogP contribution in [0, 0.1) is 6.92 Å². The van der Waals surface area contributed by atoms with Gasteiger partial charge in [-0.25, -0.2) is 0 Å². The van der Waals surface area contributed by atoms with Crippen LogP contribution < -0.4 is 0 Å². The van der Waals surface area contributed by atoms with Gasteiger partial charge in [-0.2, -0.15) is 0 Å². The van der Waals surface area contributed by atoms with Crippen LogP contribution in [0.25, 0.3) is 10.9 Å². The number of pyridine rings is 1. The largest absolute Gasteiger partial charge is 0.378 e. The Bertz CT molecular complexity index is 1160. The highest BCUT2D eigenvalue weighted by molar-refractivity contribution is 5.86. The highest BCUT2D eigenvalue weighted by Gasteiger charge is 2.34. The molecule has 0 aliphatic carbocycles. The molecule has 5 rings (SSSR count). The summed E-state index contributed by atoms with van der Waals surface area (Å²) in [5.41, 5.74) is 5.90. The molecule has 2 aromatic carbocycles. The predicted octanol–water partition coefficient (Wildman–Crippen LogP) is 4.31. The maximum Gasteiger partial charge on any atom is 0.133 e. The first-order chi connectivity index (χ1) is 15.1. The van der Waals surface area contributed by atoms with Crippen LogP contribution in [0.3, 0.4) is 0 Å². The average molecular weight is 412 g/mol. The fourth-order valence-corrected chi connectivity index (χ4v) is 4.97. The summed E-state index contributed by atoms with van der Waals surface area (Å²) in [5, 5.41) is 13.5. The Morgan fingerprint density at radius 3 is 2.42 bits per heavy atom. The number of aromatic nitrogens is 2. The summed E-state index contributed by atoms with van der Waals surface area (Å²) in [6.07, 6.45) is 5.55. The summed E-state index contributed by atoms with van der Waals surface area (Å²) in [4.78, 5) is 6.58. The molecule has 1 unspecified atom stereocenters. The van der Waals surface area contributed by atoms with E-state index >= 15 is 0 Å². The van der Waals surface area contributed by atoms with Gasteiger partial charge in [0.15, 0.2) is 0 Å². The lowest BCUT2D eigenvalue weighted by atomic mass is 9.86. The Balaban J connectivity index is 1.71. The van der Waals surface area contributed by atoms with E-state index in [0.29, 0.717) is 6.54 Å². The molecule has 0 saturated heterocycles. The molecule has 31 heavy (non-hydrogen) atoms. The minimum atomic E-state index is -1.15. The lowest BCUT2D eigenvalue weighted by Crippen LogP contribution is -2.33. The van der Waals surface area contributed by atoms with Gasteiger partial charge in [0.05, 0.1) is 6.54 Å². The van der Waals surface area contributed by atoms with E-state index in [-0.39, 0.29) is 0 Å². The number of hydrogen-bond acceptors (Lipinski definition) is 3. The van der Waals surface area contributed by atoms with Crippen molar-refractivity contribution in [2.24, 2.45) is 0 Å². The lowest BCUT2D eigenvalue weighted by molar-refractivity contribution is 0.0616. The van der Waals surface area contributed by atoms with E-state index in [4.69, 9.17) is 0 Å². The molecule has 2 aromatic heterocycles. The molecule has 4 nitrogen and oxygen atoms in total. The molecule has 158 valence electrons. The fourth-order valence-electron chi connectivity index (χ4n) is 4.97. The van der Waals surface area contributed by atoms with Crippen molar-refractivity contribution in [2.45, 2.75) is 31.9 Å². The highest BCUT2D eigenvalue weighted by Crippen LogP contribution is 2.36. The van der Waals surface area contributed by atoms with Crippen molar-refractivity contribution >= 4 is 10.9 Å². The number of rotatable bonds is 4. The van der Waals surface area contributed by atoms with E-state index in [1.54, 1.807) is 12.4 Å². The van der Waals surface area contributed by atoms with Gasteiger partial charge in [-0.1, -0.05) is 42.0 Å². The van der Waals surface area contributed by atoms with Crippen molar-refractivity contribution in [3.63, 3.8) is 0 Å². The minimum Gasteiger partial charge on any atom is -0.378 e. The molecule has 1 N–H and O–H groups in total. The fraction of sp³-hybridized carbons (Fsp3) is 0.296. The van der Waals surface area contributed by atoms with Crippen LogP contribution in [-0.4, -0.2) is 39.7 Å². The quantitative estimate of drug-likeness (QED) is 0.544. The SMILES string of the molecule is Cc1ccc2c(c1)c1c(n2CC(O)(c2ccccc2)c2ccncc2)CCN(C)CC1. The highest BCUT2D eigenvalue weighted by atomic mass is 16.3. The van der Waals surface area contributed by atoms with Crippen molar-refractivity contribution in [3.05, 3.63) is 101 Å². The summed E-state index contributed by atoms with van der Waals surface area (Å²) < 4.78 is 2.37. The van der Waals surface area contributed by atoms with Crippen molar-refractivity contribution in [1.82, 2.24) is 14.5 Å². The van der Waals surface area contributed by atoms with Crippen LogP contribution >= 0.6 is 0 Å². The van der Waals surface area contributed by atoms with Crippen LogP contribution in [0.1, 0.15) is 27.9 Å². The van der Waals surface area contributed by atoms with Crippen LogP contribution in [0.4, 0.5) is 0 Å². The summed E-state index contributed by atoms with van der Waals surface area (Å²) in [7, 11) is 2.20. The number of benzene rings is 2. The second kappa shape index (κ2) is 7.95. The summed E-state index contributed by atoms with van der Waals surface area (Å²) in [5.74, 6) is 0. The third-order valence-electron chi connectivity index (χ3n) is 6.71. The van der Waals surface area contributed by atoms with Gasteiger partial charge in [0, 0.05) is 48.5 Å². The van der Waals surface area contributed by atoms with E-state index in [1.807, 2.05) is 42.5 Å². The monoisotopic (exact) mass is 411 g/mol.